The van der Waals surface area contributed by atoms with Gasteiger partial charge in [-0.25, -0.2) is 0 Å². The fourth-order valence-electron chi connectivity index (χ4n) is 4.28. The first-order chi connectivity index (χ1) is 7.73. The number of carbonyl (C=O) groups is 1. The Balaban J connectivity index is 1.60. The van der Waals surface area contributed by atoms with Crippen molar-refractivity contribution in [1.82, 2.24) is 0 Å². The second kappa shape index (κ2) is 3.83. The average molecular weight is 221 g/mol. The monoisotopic (exact) mass is 221 g/mol. The molecule has 16 heavy (non-hydrogen) atoms. The molecule has 3 aliphatic rings. The van der Waals surface area contributed by atoms with E-state index in [1.165, 1.54) is 32.1 Å². The van der Waals surface area contributed by atoms with Crippen molar-refractivity contribution in [1.29, 1.82) is 0 Å². The highest BCUT2D eigenvalue weighted by Crippen LogP contribution is 2.51. The molecule has 0 heterocycles. The van der Waals surface area contributed by atoms with Crippen molar-refractivity contribution in [3.8, 4) is 0 Å². The number of hydrogen-bond donors (Lipinski definition) is 1. The molecule has 3 fully saturated rings. The van der Waals surface area contributed by atoms with E-state index >= 15 is 0 Å². The summed E-state index contributed by atoms with van der Waals surface area (Å²) in [4.78, 5) is 12.3. The largest absolute Gasteiger partial charge is 0.329 e. The van der Waals surface area contributed by atoms with E-state index in [4.69, 9.17) is 5.73 Å². The molecular formula is C14H23NO. The van der Waals surface area contributed by atoms with E-state index in [9.17, 15) is 4.79 Å². The lowest BCUT2D eigenvalue weighted by molar-refractivity contribution is -0.134. The van der Waals surface area contributed by atoms with Gasteiger partial charge in [0.25, 0.3) is 0 Å². The van der Waals surface area contributed by atoms with Gasteiger partial charge < -0.3 is 5.73 Å². The minimum Gasteiger partial charge on any atom is -0.329 e. The number of hydrogen-bond acceptors (Lipinski definition) is 2. The van der Waals surface area contributed by atoms with E-state index in [-0.39, 0.29) is 5.41 Å². The van der Waals surface area contributed by atoms with Crippen LogP contribution in [0.4, 0.5) is 0 Å². The van der Waals surface area contributed by atoms with Gasteiger partial charge in [-0.2, -0.15) is 0 Å². The Bertz CT molecular complexity index is 290. The van der Waals surface area contributed by atoms with Crippen molar-refractivity contribution in [2.24, 2.45) is 28.9 Å². The molecule has 0 aromatic carbocycles. The van der Waals surface area contributed by atoms with Crippen molar-refractivity contribution in [2.45, 2.75) is 51.4 Å². The van der Waals surface area contributed by atoms with Crippen LogP contribution in [0.25, 0.3) is 0 Å². The lowest BCUT2D eigenvalue weighted by Crippen LogP contribution is -2.45. The Morgan fingerprint density at radius 3 is 2.50 bits per heavy atom. The van der Waals surface area contributed by atoms with Crippen LogP contribution in [0.1, 0.15) is 51.4 Å². The molecule has 0 amide bonds. The first-order valence-electron chi connectivity index (χ1n) is 6.97. The number of carbonyl (C=O) groups excluding carboxylic acids is 1. The second-order valence-corrected chi connectivity index (χ2v) is 6.40. The lowest BCUT2D eigenvalue weighted by Gasteiger charge is -2.40. The molecule has 3 aliphatic carbocycles. The quantitative estimate of drug-likeness (QED) is 0.792. The Hall–Kier alpha value is -0.370. The number of nitrogens with two attached hydrogens (primary N) is 1. The third-order valence-corrected chi connectivity index (χ3v) is 5.63. The molecule has 0 saturated heterocycles. The normalized spacial score (nSPS) is 39.7. The van der Waals surface area contributed by atoms with E-state index in [2.05, 4.69) is 0 Å². The van der Waals surface area contributed by atoms with Crippen molar-refractivity contribution in [3.05, 3.63) is 0 Å². The number of rotatable bonds is 4. The fraction of sp³-hybridized carbons (Fsp3) is 0.929. The number of fused-ring (bicyclic) bond motifs is 2. The van der Waals surface area contributed by atoms with Gasteiger partial charge in [0.1, 0.15) is 5.78 Å². The molecule has 3 atom stereocenters. The molecule has 2 heteroatoms. The lowest BCUT2D eigenvalue weighted by atomic mass is 9.64. The van der Waals surface area contributed by atoms with Crippen LogP contribution < -0.4 is 5.73 Å². The molecule has 2 nitrogen and oxygen atoms in total. The van der Waals surface area contributed by atoms with Gasteiger partial charge in [0, 0.05) is 18.4 Å². The molecule has 2 bridgehead atoms. The summed E-state index contributed by atoms with van der Waals surface area (Å²) in [6, 6.07) is 0. The maximum atomic E-state index is 12.3. The summed E-state index contributed by atoms with van der Waals surface area (Å²) in [6.45, 7) is 0.590. The minimum atomic E-state index is -0.0815. The predicted molar refractivity (Wildman–Crippen MR) is 63.9 cm³/mol. The smallest absolute Gasteiger partial charge is 0.140 e. The van der Waals surface area contributed by atoms with Crippen LogP contribution in [0.15, 0.2) is 0 Å². The standard InChI is InChI=1S/C14H23NO/c15-9-14(4-1-5-14)13(16)8-12-7-10-2-3-11(12)6-10/h10-12H,1-9,15H2. The maximum absolute atomic E-state index is 12.3. The van der Waals surface area contributed by atoms with E-state index in [0.717, 1.165) is 37.0 Å². The SMILES string of the molecule is NCC1(C(=O)CC2CC3CCC2C3)CCC1. The molecule has 3 saturated carbocycles. The number of Topliss-reactive ketones (excluding diaryl/α,β-unsaturated/α-hetero) is 1. The Labute approximate surface area is 98.0 Å². The molecule has 3 rings (SSSR count). The van der Waals surface area contributed by atoms with Crippen LogP contribution >= 0.6 is 0 Å². The van der Waals surface area contributed by atoms with Gasteiger partial charge in [0.15, 0.2) is 0 Å². The molecule has 0 radical (unpaired) electrons. The topological polar surface area (TPSA) is 43.1 Å². The van der Waals surface area contributed by atoms with E-state index in [1.54, 1.807) is 0 Å². The zero-order valence-electron chi connectivity index (χ0n) is 10.1. The molecule has 3 unspecified atom stereocenters. The molecule has 0 spiro atoms. The zero-order chi connectivity index (χ0) is 11.2. The van der Waals surface area contributed by atoms with Crippen molar-refractivity contribution < 1.29 is 4.79 Å². The Morgan fingerprint density at radius 2 is 2.06 bits per heavy atom. The summed E-state index contributed by atoms with van der Waals surface area (Å²) in [7, 11) is 0. The van der Waals surface area contributed by atoms with E-state index < -0.39 is 0 Å². The minimum absolute atomic E-state index is 0.0815. The van der Waals surface area contributed by atoms with Gasteiger partial charge in [-0.3, -0.25) is 4.79 Å². The average Bonchev–Trinajstić information content (AvgIpc) is 2.78. The highest BCUT2D eigenvalue weighted by atomic mass is 16.1. The van der Waals surface area contributed by atoms with Crippen molar-refractivity contribution in [3.63, 3.8) is 0 Å². The predicted octanol–water partition coefficient (Wildman–Crippen LogP) is 2.51. The third kappa shape index (κ3) is 1.54. The number of ketones is 1. The van der Waals surface area contributed by atoms with Gasteiger partial charge in [-0.05, 0) is 49.9 Å². The van der Waals surface area contributed by atoms with Crippen LogP contribution in [0, 0.1) is 23.2 Å². The van der Waals surface area contributed by atoms with Crippen LogP contribution in [0.3, 0.4) is 0 Å². The molecule has 0 aromatic heterocycles. The van der Waals surface area contributed by atoms with Gasteiger partial charge >= 0.3 is 0 Å². The second-order valence-electron chi connectivity index (χ2n) is 6.40. The fourth-order valence-corrected chi connectivity index (χ4v) is 4.28. The van der Waals surface area contributed by atoms with E-state index in [0.29, 0.717) is 12.3 Å². The van der Waals surface area contributed by atoms with Gasteiger partial charge in [0.2, 0.25) is 0 Å². The Kier molecular flexibility index (Phi) is 2.58. The highest BCUT2D eigenvalue weighted by molar-refractivity contribution is 5.86. The first-order valence-corrected chi connectivity index (χ1v) is 6.97. The first kappa shape index (κ1) is 10.8. The van der Waals surface area contributed by atoms with Gasteiger partial charge in [-0.1, -0.05) is 12.8 Å². The van der Waals surface area contributed by atoms with Gasteiger partial charge in [0.05, 0.1) is 0 Å². The molecule has 0 aliphatic heterocycles. The molecule has 0 aromatic rings. The maximum Gasteiger partial charge on any atom is 0.140 e. The summed E-state index contributed by atoms with van der Waals surface area (Å²) in [5, 5.41) is 0. The summed E-state index contributed by atoms with van der Waals surface area (Å²) >= 11 is 0. The summed E-state index contributed by atoms with van der Waals surface area (Å²) in [5.74, 6) is 3.05. The van der Waals surface area contributed by atoms with Crippen molar-refractivity contribution >= 4 is 5.78 Å². The van der Waals surface area contributed by atoms with Crippen molar-refractivity contribution in [2.75, 3.05) is 6.54 Å². The van der Waals surface area contributed by atoms with Crippen LogP contribution in [0.2, 0.25) is 0 Å². The van der Waals surface area contributed by atoms with Crippen LogP contribution in [-0.4, -0.2) is 12.3 Å². The van der Waals surface area contributed by atoms with E-state index in [1.807, 2.05) is 0 Å². The summed E-state index contributed by atoms with van der Waals surface area (Å²) < 4.78 is 0. The van der Waals surface area contributed by atoms with Gasteiger partial charge in [-0.15, -0.1) is 0 Å². The van der Waals surface area contributed by atoms with Crippen LogP contribution in [0.5, 0.6) is 0 Å². The summed E-state index contributed by atoms with van der Waals surface area (Å²) in [6.07, 6.45) is 9.73. The highest BCUT2D eigenvalue weighted by Gasteiger charge is 2.46. The summed E-state index contributed by atoms with van der Waals surface area (Å²) in [5.41, 5.74) is 5.72. The molecule has 2 N–H and O–H groups in total. The third-order valence-electron chi connectivity index (χ3n) is 5.63. The zero-order valence-corrected chi connectivity index (χ0v) is 10.1. The van der Waals surface area contributed by atoms with Crippen LogP contribution in [-0.2, 0) is 4.79 Å². The molecular weight excluding hydrogens is 198 g/mol. The Morgan fingerprint density at radius 1 is 1.25 bits per heavy atom. The molecule has 90 valence electrons.